The zero-order valence-electron chi connectivity index (χ0n) is 9.06. The van der Waals surface area contributed by atoms with Crippen LogP contribution in [0.25, 0.3) is 17.2 Å². The van der Waals surface area contributed by atoms with Crippen molar-refractivity contribution in [2.24, 2.45) is 0 Å². The van der Waals surface area contributed by atoms with E-state index in [1.165, 1.54) is 19.3 Å². The maximum Gasteiger partial charge on any atom is 0.330 e. The molecule has 0 bridgehead atoms. The molecular weight excluding hydrogens is 206 g/mol. The summed E-state index contributed by atoms with van der Waals surface area (Å²) in [6.45, 7) is 1.95. The Bertz CT molecular complexity index is 554. The number of carbonyl (C=O) groups is 1. The lowest BCUT2D eigenvalue weighted by molar-refractivity contribution is -0.134. The number of benzene rings is 1. The Morgan fingerprint density at radius 3 is 3.00 bits per heavy atom. The summed E-state index contributed by atoms with van der Waals surface area (Å²) < 4.78 is 9.96. The van der Waals surface area contributed by atoms with Crippen molar-refractivity contribution in [3.63, 3.8) is 0 Å². The number of nitrogens with zero attached hydrogens (tertiary/aromatic N) is 1. The van der Waals surface area contributed by atoms with Crippen LogP contribution in [0.3, 0.4) is 0 Å². The fraction of sp³-hybridized carbons (Fsp3) is 0.167. The predicted molar refractivity (Wildman–Crippen MR) is 59.8 cm³/mol. The molecule has 16 heavy (non-hydrogen) atoms. The van der Waals surface area contributed by atoms with Crippen LogP contribution in [0.2, 0.25) is 0 Å². The third-order valence-corrected chi connectivity index (χ3v) is 2.19. The van der Waals surface area contributed by atoms with Gasteiger partial charge in [0.25, 0.3) is 0 Å². The molecule has 1 aromatic carbocycles. The molecule has 0 atom stereocenters. The van der Waals surface area contributed by atoms with Crippen LogP contribution in [0.4, 0.5) is 0 Å². The number of hydrogen-bond donors (Lipinski definition) is 0. The SMILES string of the molecule is COC(=O)C=Cc1nc2cccc(C)c2o1. The summed E-state index contributed by atoms with van der Waals surface area (Å²) in [6, 6.07) is 5.72. The minimum Gasteiger partial charge on any atom is -0.466 e. The molecular formula is C12H11NO3. The molecule has 0 fully saturated rings. The summed E-state index contributed by atoms with van der Waals surface area (Å²) in [4.78, 5) is 15.1. The summed E-state index contributed by atoms with van der Waals surface area (Å²) in [5, 5.41) is 0. The van der Waals surface area contributed by atoms with E-state index in [0.717, 1.165) is 16.7 Å². The van der Waals surface area contributed by atoms with E-state index in [1.54, 1.807) is 0 Å². The fourth-order valence-corrected chi connectivity index (χ4v) is 1.38. The van der Waals surface area contributed by atoms with Crippen LogP contribution in [-0.4, -0.2) is 18.1 Å². The van der Waals surface area contributed by atoms with Gasteiger partial charge in [-0.2, -0.15) is 0 Å². The second-order valence-electron chi connectivity index (χ2n) is 3.33. The van der Waals surface area contributed by atoms with E-state index in [0.29, 0.717) is 5.89 Å². The molecule has 0 amide bonds. The van der Waals surface area contributed by atoms with Crippen molar-refractivity contribution in [2.45, 2.75) is 6.92 Å². The fourth-order valence-electron chi connectivity index (χ4n) is 1.38. The summed E-state index contributed by atoms with van der Waals surface area (Å²) in [5.41, 5.74) is 2.54. The van der Waals surface area contributed by atoms with Crippen LogP contribution < -0.4 is 0 Å². The molecule has 0 saturated carbocycles. The number of ether oxygens (including phenoxy) is 1. The number of aryl methyl sites for hydroxylation is 1. The van der Waals surface area contributed by atoms with Gasteiger partial charge in [-0.15, -0.1) is 0 Å². The van der Waals surface area contributed by atoms with Gasteiger partial charge >= 0.3 is 5.97 Å². The quantitative estimate of drug-likeness (QED) is 0.572. The molecule has 1 aromatic heterocycles. The molecule has 0 aliphatic heterocycles. The number of methoxy groups -OCH3 is 1. The maximum atomic E-state index is 10.9. The highest BCUT2D eigenvalue weighted by Gasteiger charge is 2.05. The maximum absolute atomic E-state index is 10.9. The highest BCUT2D eigenvalue weighted by Crippen LogP contribution is 2.19. The van der Waals surface area contributed by atoms with Gasteiger partial charge in [0.05, 0.1) is 7.11 Å². The molecule has 1 heterocycles. The standard InChI is InChI=1S/C12H11NO3/c1-8-4-3-5-9-12(8)16-10(13-9)6-7-11(14)15-2/h3-7H,1-2H3. The Labute approximate surface area is 92.5 Å². The van der Waals surface area contributed by atoms with E-state index in [9.17, 15) is 4.79 Å². The topological polar surface area (TPSA) is 52.3 Å². The van der Waals surface area contributed by atoms with Gasteiger partial charge in [-0.3, -0.25) is 0 Å². The lowest BCUT2D eigenvalue weighted by Gasteiger charge is -1.89. The average Bonchev–Trinajstić information content (AvgIpc) is 2.70. The molecule has 0 N–H and O–H groups in total. The van der Waals surface area contributed by atoms with E-state index < -0.39 is 5.97 Å². The normalized spacial score (nSPS) is 11.1. The number of para-hydroxylation sites is 1. The first-order valence-corrected chi connectivity index (χ1v) is 4.83. The summed E-state index contributed by atoms with van der Waals surface area (Å²) in [5.74, 6) is -0.0336. The average molecular weight is 217 g/mol. The molecule has 82 valence electrons. The Kier molecular flexibility index (Phi) is 2.72. The molecule has 0 aliphatic carbocycles. The molecule has 0 radical (unpaired) electrons. The number of hydrogen-bond acceptors (Lipinski definition) is 4. The lowest BCUT2D eigenvalue weighted by atomic mass is 10.2. The molecule has 2 rings (SSSR count). The lowest BCUT2D eigenvalue weighted by Crippen LogP contribution is -1.93. The van der Waals surface area contributed by atoms with Crippen LogP contribution in [-0.2, 0) is 9.53 Å². The molecule has 0 spiro atoms. The Hall–Kier alpha value is -2.10. The summed E-state index contributed by atoms with van der Waals surface area (Å²) in [6.07, 6.45) is 2.77. The number of rotatable bonds is 2. The largest absolute Gasteiger partial charge is 0.466 e. The van der Waals surface area contributed by atoms with Gasteiger partial charge in [-0.1, -0.05) is 12.1 Å². The first-order valence-electron chi connectivity index (χ1n) is 4.83. The Balaban J connectivity index is 2.37. The van der Waals surface area contributed by atoms with Gasteiger partial charge in [-0.25, -0.2) is 9.78 Å². The summed E-state index contributed by atoms with van der Waals surface area (Å²) in [7, 11) is 1.32. The van der Waals surface area contributed by atoms with E-state index in [1.807, 2.05) is 25.1 Å². The number of fused-ring (bicyclic) bond motifs is 1. The van der Waals surface area contributed by atoms with Crippen molar-refractivity contribution in [3.8, 4) is 0 Å². The Morgan fingerprint density at radius 1 is 1.50 bits per heavy atom. The molecule has 0 unspecified atom stereocenters. The third-order valence-electron chi connectivity index (χ3n) is 2.19. The zero-order valence-corrected chi connectivity index (χ0v) is 9.06. The van der Waals surface area contributed by atoms with Crippen molar-refractivity contribution in [1.29, 1.82) is 0 Å². The van der Waals surface area contributed by atoms with Crippen LogP contribution in [0, 0.1) is 6.92 Å². The molecule has 0 aliphatic rings. The van der Waals surface area contributed by atoms with Gasteiger partial charge < -0.3 is 9.15 Å². The van der Waals surface area contributed by atoms with Crippen LogP contribution in [0.15, 0.2) is 28.7 Å². The van der Waals surface area contributed by atoms with Crippen LogP contribution >= 0.6 is 0 Å². The van der Waals surface area contributed by atoms with E-state index >= 15 is 0 Å². The first-order chi connectivity index (χ1) is 7.70. The van der Waals surface area contributed by atoms with Crippen molar-refractivity contribution in [1.82, 2.24) is 4.98 Å². The van der Waals surface area contributed by atoms with E-state index in [2.05, 4.69) is 9.72 Å². The van der Waals surface area contributed by atoms with E-state index in [-0.39, 0.29) is 0 Å². The van der Waals surface area contributed by atoms with Gasteiger partial charge in [0, 0.05) is 12.2 Å². The molecule has 4 nitrogen and oxygen atoms in total. The number of carbonyl (C=O) groups excluding carboxylic acids is 1. The Morgan fingerprint density at radius 2 is 2.31 bits per heavy atom. The zero-order chi connectivity index (χ0) is 11.5. The van der Waals surface area contributed by atoms with Crippen molar-refractivity contribution >= 4 is 23.1 Å². The van der Waals surface area contributed by atoms with Crippen molar-refractivity contribution in [3.05, 3.63) is 35.7 Å². The second-order valence-corrected chi connectivity index (χ2v) is 3.33. The summed E-state index contributed by atoms with van der Waals surface area (Å²) >= 11 is 0. The first kappa shape index (κ1) is 10.4. The van der Waals surface area contributed by atoms with E-state index in [4.69, 9.17) is 4.42 Å². The van der Waals surface area contributed by atoms with Gasteiger partial charge in [0.1, 0.15) is 5.52 Å². The van der Waals surface area contributed by atoms with Gasteiger partial charge in [0.15, 0.2) is 5.58 Å². The predicted octanol–water partition coefficient (Wildman–Crippen LogP) is 2.32. The second kappa shape index (κ2) is 4.18. The van der Waals surface area contributed by atoms with Crippen LogP contribution in [0.5, 0.6) is 0 Å². The van der Waals surface area contributed by atoms with Crippen molar-refractivity contribution < 1.29 is 13.9 Å². The minimum atomic E-state index is -0.432. The minimum absolute atomic E-state index is 0.398. The monoisotopic (exact) mass is 217 g/mol. The van der Waals surface area contributed by atoms with Gasteiger partial charge in [-0.05, 0) is 18.6 Å². The van der Waals surface area contributed by atoms with Crippen molar-refractivity contribution in [2.75, 3.05) is 7.11 Å². The van der Waals surface area contributed by atoms with Gasteiger partial charge in [0.2, 0.25) is 5.89 Å². The highest BCUT2D eigenvalue weighted by molar-refractivity contribution is 5.87. The molecule has 2 aromatic rings. The number of aromatic nitrogens is 1. The van der Waals surface area contributed by atoms with Crippen LogP contribution in [0.1, 0.15) is 11.5 Å². The highest BCUT2D eigenvalue weighted by atomic mass is 16.5. The number of oxazole rings is 1. The smallest absolute Gasteiger partial charge is 0.330 e. The molecule has 0 saturated heterocycles. The number of esters is 1. The third kappa shape index (κ3) is 1.95. The molecule has 4 heteroatoms.